The average molecular weight is 308 g/mol. The number of anilines is 1. The van der Waals surface area contributed by atoms with Crippen LogP contribution in [0, 0.1) is 5.92 Å². The second kappa shape index (κ2) is 6.55. The molecule has 4 heteroatoms. The molecule has 0 spiro atoms. The summed E-state index contributed by atoms with van der Waals surface area (Å²) in [6, 6.07) is 6.40. The van der Waals surface area contributed by atoms with Gasteiger partial charge in [-0.3, -0.25) is 4.90 Å². The van der Waals surface area contributed by atoms with Gasteiger partial charge in [0.25, 0.3) is 0 Å². The molecule has 1 saturated carbocycles. The number of benzene rings is 1. The van der Waals surface area contributed by atoms with E-state index >= 15 is 0 Å². The van der Waals surface area contributed by atoms with Gasteiger partial charge in [0, 0.05) is 49.5 Å². The summed E-state index contributed by atoms with van der Waals surface area (Å²) < 4.78 is 0. The lowest BCUT2D eigenvalue weighted by Gasteiger charge is -2.37. The van der Waals surface area contributed by atoms with E-state index in [4.69, 9.17) is 17.3 Å². The van der Waals surface area contributed by atoms with Crippen molar-refractivity contribution in [2.45, 2.75) is 32.2 Å². The Morgan fingerprint density at radius 3 is 2.57 bits per heavy atom. The fraction of sp³-hybridized carbons (Fsp3) is 0.647. The van der Waals surface area contributed by atoms with E-state index < -0.39 is 0 Å². The summed E-state index contributed by atoms with van der Waals surface area (Å²) in [7, 11) is 0. The van der Waals surface area contributed by atoms with Crippen LogP contribution < -0.4 is 10.6 Å². The molecule has 1 aromatic carbocycles. The number of nitrogens with two attached hydrogens (primary N) is 1. The van der Waals surface area contributed by atoms with Gasteiger partial charge in [0.1, 0.15) is 0 Å². The van der Waals surface area contributed by atoms with Gasteiger partial charge in [0.05, 0.1) is 0 Å². The summed E-state index contributed by atoms with van der Waals surface area (Å²) >= 11 is 6.21. The Hall–Kier alpha value is -0.770. The summed E-state index contributed by atoms with van der Waals surface area (Å²) in [6.07, 6.45) is 3.79. The molecule has 0 amide bonds. The molecule has 3 nitrogen and oxygen atoms in total. The molecule has 1 unspecified atom stereocenters. The van der Waals surface area contributed by atoms with Crippen LogP contribution in [0.5, 0.6) is 0 Å². The smallest absolute Gasteiger partial charge is 0.0426 e. The Morgan fingerprint density at radius 1 is 1.24 bits per heavy atom. The summed E-state index contributed by atoms with van der Waals surface area (Å²) in [4.78, 5) is 5.09. The minimum absolute atomic E-state index is 0.182. The third-order valence-corrected chi connectivity index (χ3v) is 4.75. The maximum atomic E-state index is 6.21. The molecule has 0 aromatic heterocycles. The van der Waals surface area contributed by atoms with Gasteiger partial charge in [-0.1, -0.05) is 17.7 Å². The summed E-state index contributed by atoms with van der Waals surface area (Å²) in [5, 5.41) is 0.818. The molecule has 1 aliphatic heterocycles. The Labute approximate surface area is 133 Å². The lowest BCUT2D eigenvalue weighted by molar-refractivity contribution is 0.248. The van der Waals surface area contributed by atoms with Crippen LogP contribution in [0.25, 0.3) is 0 Å². The first kappa shape index (κ1) is 15.1. The van der Waals surface area contributed by atoms with E-state index in [1.54, 1.807) is 0 Å². The van der Waals surface area contributed by atoms with Crippen molar-refractivity contribution in [1.29, 1.82) is 0 Å². The van der Waals surface area contributed by atoms with E-state index in [1.165, 1.54) is 43.7 Å². The monoisotopic (exact) mass is 307 g/mol. The lowest BCUT2D eigenvalue weighted by Crippen LogP contribution is -2.47. The number of piperazine rings is 1. The van der Waals surface area contributed by atoms with Gasteiger partial charge in [0.15, 0.2) is 0 Å². The first-order chi connectivity index (χ1) is 10.1. The molecule has 1 aliphatic carbocycles. The minimum atomic E-state index is 0.182. The van der Waals surface area contributed by atoms with Gasteiger partial charge >= 0.3 is 0 Å². The van der Waals surface area contributed by atoms with Gasteiger partial charge in [-0.15, -0.1) is 0 Å². The highest BCUT2D eigenvalue weighted by molar-refractivity contribution is 6.30. The fourth-order valence-corrected chi connectivity index (χ4v) is 3.35. The molecule has 2 fully saturated rings. The highest BCUT2D eigenvalue weighted by Crippen LogP contribution is 2.31. The van der Waals surface area contributed by atoms with Crippen molar-refractivity contribution in [1.82, 2.24) is 4.90 Å². The van der Waals surface area contributed by atoms with Gasteiger partial charge in [0.2, 0.25) is 0 Å². The molecule has 0 bridgehead atoms. The van der Waals surface area contributed by atoms with Crippen molar-refractivity contribution in [2.75, 3.05) is 37.6 Å². The molecule has 2 aliphatic rings. The minimum Gasteiger partial charge on any atom is -0.369 e. The van der Waals surface area contributed by atoms with Crippen molar-refractivity contribution >= 4 is 17.3 Å². The molecule has 1 atom stereocenters. The zero-order valence-electron chi connectivity index (χ0n) is 12.9. The summed E-state index contributed by atoms with van der Waals surface area (Å²) in [5.74, 6) is 0.983. The van der Waals surface area contributed by atoms with E-state index in [1.807, 2.05) is 6.07 Å². The van der Waals surface area contributed by atoms with E-state index in [-0.39, 0.29) is 6.04 Å². The standard InChI is InChI=1S/C17H26ClN3/c1-13(19)10-15-4-5-16(18)11-17(15)21-8-6-20(7-9-21)12-14-2-3-14/h4-5,11,13-14H,2-3,6-10,12,19H2,1H3. The molecule has 1 saturated heterocycles. The maximum absolute atomic E-state index is 6.21. The normalized spacial score (nSPS) is 21.6. The Morgan fingerprint density at radius 2 is 1.95 bits per heavy atom. The van der Waals surface area contributed by atoms with E-state index in [9.17, 15) is 0 Å². The molecule has 116 valence electrons. The SMILES string of the molecule is CC(N)Cc1ccc(Cl)cc1N1CCN(CC2CC2)CC1. The predicted octanol–water partition coefficient (Wildman–Crippen LogP) is 2.76. The first-order valence-electron chi connectivity index (χ1n) is 8.13. The largest absolute Gasteiger partial charge is 0.369 e. The van der Waals surface area contributed by atoms with Crippen LogP contribution >= 0.6 is 11.6 Å². The van der Waals surface area contributed by atoms with Crippen molar-refractivity contribution in [2.24, 2.45) is 11.7 Å². The second-order valence-corrected chi connectivity index (χ2v) is 7.12. The predicted molar refractivity (Wildman–Crippen MR) is 90.2 cm³/mol. The average Bonchev–Trinajstić information content (AvgIpc) is 3.25. The van der Waals surface area contributed by atoms with Crippen LogP contribution in [-0.2, 0) is 6.42 Å². The van der Waals surface area contributed by atoms with Gasteiger partial charge in [-0.05, 0) is 49.8 Å². The quantitative estimate of drug-likeness (QED) is 0.908. The molecule has 2 N–H and O–H groups in total. The van der Waals surface area contributed by atoms with Crippen LogP contribution in [-0.4, -0.2) is 43.7 Å². The molecule has 3 rings (SSSR count). The summed E-state index contributed by atoms with van der Waals surface area (Å²) in [5.41, 5.74) is 8.59. The van der Waals surface area contributed by atoms with Crippen LogP contribution in [0.4, 0.5) is 5.69 Å². The van der Waals surface area contributed by atoms with Crippen molar-refractivity contribution in [3.63, 3.8) is 0 Å². The third-order valence-electron chi connectivity index (χ3n) is 4.52. The molecule has 1 heterocycles. The van der Waals surface area contributed by atoms with Gasteiger partial charge < -0.3 is 10.6 Å². The molecular formula is C17H26ClN3. The molecule has 21 heavy (non-hydrogen) atoms. The molecular weight excluding hydrogens is 282 g/mol. The van der Waals surface area contributed by atoms with Crippen LogP contribution in [0.15, 0.2) is 18.2 Å². The topological polar surface area (TPSA) is 32.5 Å². The number of hydrogen-bond acceptors (Lipinski definition) is 3. The highest BCUT2D eigenvalue weighted by Gasteiger charge is 2.27. The van der Waals surface area contributed by atoms with Crippen molar-refractivity contribution < 1.29 is 0 Å². The van der Waals surface area contributed by atoms with Gasteiger partial charge in [-0.2, -0.15) is 0 Å². The van der Waals surface area contributed by atoms with Crippen LogP contribution in [0.1, 0.15) is 25.3 Å². The number of nitrogens with zero attached hydrogens (tertiary/aromatic N) is 2. The van der Waals surface area contributed by atoms with Crippen molar-refractivity contribution in [3.8, 4) is 0 Å². The van der Waals surface area contributed by atoms with Crippen molar-refractivity contribution in [3.05, 3.63) is 28.8 Å². The van der Waals surface area contributed by atoms with E-state index in [0.29, 0.717) is 0 Å². The second-order valence-electron chi connectivity index (χ2n) is 6.69. The first-order valence-corrected chi connectivity index (χ1v) is 8.51. The lowest BCUT2D eigenvalue weighted by atomic mass is 10.0. The Bertz CT molecular complexity index is 477. The number of rotatable bonds is 5. The Kier molecular flexibility index (Phi) is 4.72. The third kappa shape index (κ3) is 4.12. The van der Waals surface area contributed by atoms with Crippen LogP contribution in [0.3, 0.4) is 0 Å². The molecule has 0 radical (unpaired) electrons. The summed E-state index contributed by atoms with van der Waals surface area (Å²) in [6.45, 7) is 7.89. The van der Waals surface area contributed by atoms with Gasteiger partial charge in [-0.25, -0.2) is 0 Å². The zero-order chi connectivity index (χ0) is 14.8. The van der Waals surface area contributed by atoms with E-state index in [0.717, 1.165) is 30.5 Å². The zero-order valence-corrected chi connectivity index (χ0v) is 13.6. The Balaban J connectivity index is 1.66. The maximum Gasteiger partial charge on any atom is 0.0426 e. The van der Waals surface area contributed by atoms with Crippen LogP contribution in [0.2, 0.25) is 5.02 Å². The number of halogens is 1. The molecule has 1 aromatic rings. The fourth-order valence-electron chi connectivity index (χ4n) is 3.19. The highest BCUT2D eigenvalue weighted by atomic mass is 35.5. The van der Waals surface area contributed by atoms with E-state index in [2.05, 4.69) is 28.9 Å². The number of hydrogen-bond donors (Lipinski definition) is 1.